The minimum absolute atomic E-state index is 0.00117. The monoisotopic (exact) mass is 891 g/mol. The van der Waals surface area contributed by atoms with Crippen molar-refractivity contribution >= 4 is 17.7 Å². The van der Waals surface area contributed by atoms with E-state index in [1.54, 1.807) is 19.3 Å². The second kappa shape index (κ2) is 21.7. The van der Waals surface area contributed by atoms with Crippen LogP contribution in [0.25, 0.3) is 0 Å². The topological polar surface area (TPSA) is 158 Å². The van der Waals surface area contributed by atoms with Crippen molar-refractivity contribution in [1.82, 2.24) is 10.2 Å². The van der Waals surface area contributed by atoms with E-state index < -0.39 is 23.8 Å². The Kier molecular flexibility index (Phi) is 15.4. The first-order valence-corrected chi connectivity index (χ1v) is 23.6. The number of benzene rings is 3. The van der Waals surface area contributed by atoms with Crippen LogP contribution in [0.1, 0.15) is 106 Å². The molecular formula is C52H65N3O10. The Labute approximate surface area is 382 Å². The van der Waals surface area contributed by atoms with E-state index in [2.05, 4.69) is 18.0 Å². The molecule has 2 heterocycles. The molecule has 65 heavy (non-hydrogen) atoms. The summed E-state index contributed by atoms with van der Waals surface area (Å²) in [5.41, 5.74) is 4.33. The highest BCUT2D eigenvalue weighted by molar-refractivity contribution is 6.03. The lowest BCUT2D eigenvalue weighted by atomic mass is 9.55. The van der Waals surface area contributed by atoms with Crippen molar-refractivity contribution in [3.63, 3.8) is 0 Å². The number of aliphatic hydroxyl groups excluding tert-OH is 2. The molecule has 3 aromatic rings. The van der Waals surface area contributed by atoms with Crippen LogP contribution in [0.3, 0.4) is 0 Å². The number of unbranched alkanes of at least 4 members (excludes halogenated alkanes) is 2. The van der Waals surface area contributed by atoms with Gasteiger partial charge in [0.25, 0.3) is 0 Å². The van der Waals surface area contributed by atoms with Crippen LogP contribution in [0.2, 0.25) is 0 Å². The number of hydrogen-bond acceptors (Lipinski definition) is 11. The van der Waals surface area contributed by atoms with Crippen molar-refractivity contribution < 1.29 is 48.3 Å². The van der Waals surface area contributed by atoms with Crippen molar-refractivity contribution in [3.05, 3.63) is 108 Å². The Morgan fingerprint density at radius 1 is 0.923 bits per heavy atom. The normalized spacial score (nSPS) is 24.6. The van der Waals surface area contributed by atoms with Crippen LogP contribution < -0.4 is 24.3 Å². The molecule has 8 rings (SSSR count). The lowest BCUT2D eigenvalue weighted by Gasteiger charge is -2.60. The Hall–Kier alpha value is -5.37. The zero-order valence-electron chi connectivity index (χ0n) is 37.7. The molecule has 13 heteroatoms. The molecule has 2 aliphatic heterocycles. The molecule has 5 aliphatic rings. The van der Waals surface area contributed by atoms with Gasteiger partial charge in [0.15, 0.2) is 11.5 Å². The predicted molar refractivity (Wildman–Crippen MR) is 246 cm³/mol. The number of fused-ring (bicyclic) bond motifs is 3. The van der Waals surface area contributed by atoms with Gasteiger partial charge in [-0.15, -0.1) is 6.58 Å². The SMILES string of the molecule is C=CCOC12Oc3ccc(OC(=O)NCc4ccccc4)cc3C3C(CCCCO)C(CCCCO)C=C(C(=NOC)CC1N(Cc1ccc4c(c1)OCO4)C(=O)CCC1CCCC1)C32. The number of nitrogens with one attached hydrogen (secondary N) is 1. The molecule has 3 aromatic carbocycles. The van der Waals surface area contributed by atoms with Crippen LogP contribution in [-0.2, 0) is 27.5 Å². The van der Waals surface area contributed by atoms with Gasteiger partial charge in [0.2, 0.25) is 18.5 Å². The minimum atomic E-state index is -1.43. The molecule has 0 saturated heterocycles. The summed E-state index contributed by atoms with van der Waals surface area (Å²) in [6.45, 7) is 5.08. The molecule has 2 amide bonds. The molecule has 0 bridgehead atoms. The van der Waals surface area contributed by atoms with E-state index in [-0.39, 0.29) is 63.2 Å². The number of hydrogen-bond donors (Lipinski definition) is 3. The van der Waals surface area contributed by atoms with Crippen molar-refractivity contribution in [3.8, 4) is 23.0 Å². The van der Waals surface area contributed by atoms with Gasteiger partial charge in [-0.25, -0.2) is 4.79 Å². The second-order valence-corrected chi connectivity index (χ2v) is 18.1. The maximum atomic E-state index is 15.2. The summed E-state index contributed by atoms with van der Waals surface area (Å²) in [5.74, 6) is 0.598. The fourth-order valence-corrected chi connectivity index (χ4v) is 11.1. The third-order valence-electron chi connectivity index (χ3n) is 14.1. The molecule has 3 N–H and O–H groups in total. The summed E-state index contributed by atoms with van der Waals surface area (Å²) in [4.78, 5) is 36.1. The number of aliphatic hydroxyl groups is 2. The Balaban J connectivity index is 1.26. The number of rotatable bonds is 21. The van der Waals surface area contributed by atoms with Crippen molar-refractivity contribution in [2.75, 3.05) is 33.7 Å². The van der Waals surface area contributed by atoms with E-state index in [1.165, 1.54) is 12.8 Å². The molecule has 2 fully saturated rings. The fraction of sp³-hybridized carbons (Fsp3) is 0.519. The highest BCUT2D eigenvalue weighted by Gasteiger charge is 2.65. The van der Waals surface area contributed by atoms with Gasteiger partial charge < -0.3 is 49.0 Å². The third-order valence-corrected chi connectivity index (χ3v) is 14.1. The van der Waals surface area contributed by atoms with Gasteiger partial charge in [0.1, 0.15) is 24.7 Å². The molecule has 6 atom stereocenters. The summed E-state index contributed by atoms with van der Waals surface area (Å²) < 4.78 is 32.0. The Morgan fingerprint density at radius 2 is 1.69 bits per heavy atom. The molecule has 2 saturated carbocycles. The van der Waals surface area contributed by atoms with E-state index in [4.69, 9.17) is 33.7 Å². The number of oxime groups is 1. The number of carbonyl (C=O) groups excluding carboxylic acids is 2. The maximum Gasteiger partial charge on any atom is 0.412 e. The average molecular weight is 892 g/mol. The first kappa shape index (κ1) is 46.2. The summed E-state index contributed by atoms with van der Waals surface area (Å²) in [7, 11) is 1.55. The van der Waals surface area contributed by atoms with Gasteiger partial charge >= 0.3 is 6.09 Å². The molecule has 6 unspecified atom stereocenters. The van der Waals surface area contributed by atoms with E-state index in [0.717, 1.165) is 67.2 Å². The molecule has 13 nitrogen and oxygen atoms in total. The van der Waals surface area contributed by atoms with Crippen LogP contribution in [-0.4, -0.2) is 78.4 Å². The fourth-order valence-electron chi connectivity index (χ4n) is 11.1. The van der Waals surface area contributed by atoms with Crippen molar-refractivity contribution in [2.45, 2.75) is 114 Å². The number of amides is 2. The van der Waals surface area contributed by atoms with Gasteiger partial charge in [0.05, 0.1) is 18.2 Å². The number of ether oxygens (including phenoxy) is 5. The van der Waals surface area contributed by atoms with Gasteiger partial charge in [0, 0.05) is 50.6 Å². The first-order chi connectivity index (χ1) is 31.8. The van der Waals surface area contributed by atoms with Gasteiger partial charge in [-0.3, -0.25) is 4.79 Å². The summed E-state index contributed by atoms with van der Waals surface area (Å²) in [5, 5.41) is 27.5. The largest absolute Gasteiger partial charge is 0.459 e. The van der Waals surface area contributed by atoms with Crippen molar-refractivity contribution in [2.24, 2.45) is 28.8 Å². The molecule has 0 aromatic heterocycles. The Morgan fingerprint density at radius 3 is 2.46 bits per heavy atom. The van der Waals surface area contributed by atoms with Gasteiger partial charge in [-0.05, 0) is 96.9 Å². The molecule has 0 spiro atoms. The van der Waals surface area contributed by atoms with Crippen molar-refractivity contribution in [1.29, 1.82) is 0 Å². The Bertz CT molecular complexity index is 2170. The highest BCUT2D eigenvalue weighted by Crippen LogP contribution is 2.62. The zero-order chi connectivity index (χ0) is 45.2. The average Bonchev–Trinajstić information content (AvgIpc) is 4.03. The first-order valence-electron chi connectivity index (χ1n) is 23.6. The number of allylic oxidation sites excluding steroid dienone is 1. The maximum absolute atomic E-state index is 15.2. The predicted octanol–water partition coefficient (Wildman–Crippen LogP) is 8.97. The molecule has 3 aliphatic carbocycles. The lowest BCUT2D eigenvalue weighted by molar-refractivity contribution is -0.258. The number of carbonyl (C=O) groups is 2. The van der Waals surface area contributed by atoms with Crippen LogP contribution in [0.15, 0.2) is 96.2 Å². The zero-order valence-corrected chi connectivity index (χ0v) is 37.7. The molecule has 0 radical (unpaired) electrons. The molecular weight excluding hydrogens is 827 g/mol. The smallest absolute Gasteiger partial charge is 0.412 e. The van der Waals surface area contributed by atoms with Gasteiger partial charge in [-0.1, -0.05) is 92.2 Å². The third kappa shape index (κ3) is 10.4. The van der Waals surface area contributed by atoms with Crippen LogP contribution in [0.5, 0.6) is 23.0 Å². The highest BCUT2D eigenvalue weighted by atomic mass is 16.7. The standard InChI is InChI=1S/C52H65N3O10/c1-3-27-63-52-47(55(48(58)24-20-35-13-7-8-14-35)33-37-19-22-45-46(28-37)62-34-61-45)31-43(54-60-2)41-29-38(17-9-11-25-56)40(18-10-12-26-57)49(50(41)52)42-30-39(21-23-44(42)65-52)64-51(59)53-32-36-15-5-4-6-16-36/h3-6,15-16,19,21-23,28-30,35,38,40,47,49-50,56-57H,1,7-14,17-18,20,24-27,31-34H2,2H3,(H,53,59). The minimum Gasteiger partial charge on any atom is -0.459 e. The van der Waals surface area contributed by atoms with Crippen LogP contribution in [0.4, 0.5) is 4.79 Å². The number of nitrogens with zero attached hydrogens (tertiary/aromatic N) is 2. The second-order valence-electron chi connectivity index (χ2n) is 18.1. The lowest BCUT2D eigenvalue weighted by Crippen LogP contribution is -2.70. The van der Waals surface area contributed by atoms with Crippen LogP contribution >= 0.6 is 0 Å². The van der Waals surface area contributed by atoms with E-state index in [1.807, 2.05) is 65.6 Å². The summed E-state index contributed by atoms with van der Waals surface area (Å²) >= 11 is 0. The summed E-state index contributed by atoms with van der Waals surface area (Å²) in [6, 6.07) is 20.3. The van der Waals surface area contributed by atoms with E-state index >= 15 is 4.79 Å². The summed E-state index contributed by atoms with van der Waals surface area (Å²) in [6.07, 6.45) is 14.0. The molecule has 348 valence electrons. The van der Waals surface area contributed by atoms with E-state index in [9.17, 15) is 15.0 Å². The quantitative estimate of drug-likeness (QED) is 0.0536. The van der Waals surface area contributed by atoms with Crippen LogP contribution in [0, 0.1) is 23.7 Å². The van der Waals surface area contributed by atoms with Gasteiger partial charge in [-0.2, -0.15) is 0 Å². The van der Waals surface area contributed by atoms with E-state index in [0.29, 0.717) is 60.4 Å².